The normalized spacial score (nSPS) is 13.3. The molecule has 0 aliphatic carbocycles. The molecule has 1 aromatic rings. The summed E-state index contributed by atoms with van der Waals surface area (Å²) in [4.78, 5) is 0. The van der Waals surface area contributed by atoms with E-state index in [-0.39, 0.29) is 12.5 Å². The van der Waals surface area contributed by atoms with Gasteiger partial charge in [-0.25, -0.2) is 0 Å². The summed E-state index contributed by atoms with van der Waals surface area (Å²) < 4.78 is 40.9. The highest BCUT2D eigenvalue weighted by Gasteiger charge is 2.25. The second kappa shape index (κ2) is 7.38. The van der Waals surface area contributed by atoms with E-state index in [0.717, 1.165) is 17.7 Å². The van der Waals surface area contributed by atoms with Gasteiger partial charge in [0.2, 0.25) is 0 Å². The fourth-order valence-electron chi connectivity index (χ4n) is 1.82. The minimum absolute atomic E-state index is 0.121. The highest BCUT2D eigenvalue weighted by molar-refractivity contribution is 5.27. The average molecular weight is 275 g/mol. The van der Waals surface area contributed by atoms with E-state index >= 15 is 0 Å². The Bertz CT molecular complexity index is 362. The number of halogens is 3. The maximum Gasteiger partial charge on any atom is 0.389 e. The molecule has 0 bridgehead atoms. The molecule has 1 unspecified atom stereocenters. The number of methoxy groups -OCH3 is 1. The topological polar surface area (TPSA) is 21.3 Å². The SMILES string of the molecule is COc1ccc(CC(C)NCCCC(F)(F)F)cc1. The van der Waals surface area contributed by atoms with Crippen molar-refractivity contribution in [3.05, 3.63) is 29.8 Å². The van der Waals surface area contributed by atoms with Crippen LogP contribution >= 0.6 is 0 Å². The molecule has 0 aliphatic heterocycles. The van der Waals surface area contributed by atoms with Gasteiger partial charge in [0.1, 0.15) is 5.75 Å². The molecule has 0 aromatic heterocycles. The number of alkyl halides is 3. The zero-order valence-electron chi connectivity index (χ0n) is 11.3. The fraction of sp³-hybridized carbons (Fsp3) is 0.571. The van der Waals surface area contributed by atoms with Crippen molar-refractivity contribution in [2.45, 2.75) is 38.4 Å². The first-order valence-electron chi connectivity index (χ1n) is 6.34. The molecule has 1 N–H and O–H groups in total. The van der Waals surface area contributed by atoms with Gasteiger partial charge in [0.25, 0.3) is 0 Å². The Kier molecular flexibility index (Phi) is 6.15. The average Bonchev–Trinajstić information content (AvgIpc) is 2.34. The predicted octanol–water partition coefficient (Wildman–Crippen LogP) is 3.56. The molecule has 2 nitrogen and oxygen atoms in total. The number of hydrogen-bond donors (Lipinski definition) is 1. The predicted molar refractivity (Wildman–Crippen MR) is 69.5 cm³/mol. The molecule has 1 rings (SSSR count). The third-order valence-corrected chi connectivity index (χ3v) is 2.83. The second-order valence-electron chi connectivity index (χ2n) is 4.63. The van der Waals surface area contributed by atoms with Crippen LogP contribution in [0.15, 0.2) is 24.3 Å². The van der Waals surface area contributed by atoms with Crippen molar-refractivity contribution in [2.24, 2.45) is 0 Å². The molecule has 0 spiro atoms. The third-order valence-electron chi connectivity index (χ3n) is 2.83. The molecule has 108 valence electrons. The standard InChI is InChI=1S/C14H20F3NO/c1-11(18-9-3-8-14(15,16)17)10-12-4-6-13(19-2)7-5-12/h4-7,11,18H,3,8-10H2,1-2H3. The van der Waals surface area contributed by atoms with Crippen LogP contribution in [-0.2, 0) is 6.42 Å². The smallest absolute Gasteiger partial charge is 0.389 e. The van der Waals surface area contributed by atoms with Crippen LogP contribution in [0, 0.1) is 0 Å². The Morgan fingerprint density at radius 1 is 1.21 bits per heavy atom. The Morgan fingerprint density at radius 3 is 2.37 bits per heavy atom. The molecule has 0 saturated carbocycles. The lowest BCUT2D eigenvalue weighted by Crippen LogP contribution is -2.29. The number of nitrogens with one attached hydrogen (secondary N) is 1. The Labute approximate surface area is 112 Å². The summed E-state index contributed by atoms with van der Waals surface area (Å²) in [7, 11) is 1.61. The molecular formula is C14H20F3NO. The van der Waals surface area contributed by atoms with Crippen molar-refractivity contribution < 1.29 is 17.9 Å². The van der Waals surface area contributed by atoms with Crippen molar-refractivity contribution in [1.82, 2.24) is 5.32 Å². The first-order valence-corrected chi connectivity index (χ1v) is 6.34. The minimum Gasteiger partial charge on any atom is -0.497 e. The summed E-state index contributed by atoms with van der Waals surface area (Å²) in [5, 5.41) is 3.10. The first kappa shape index (κ1) is 15.8. The van der Waals surface area contributed by atoms with E-state index in [9.17, 15) is 13.2 Å². The molecule has 5 heteroatoms. The summed E-state index contributed by atoms with van der Waals surface area (Å²) in [6.45, 7) is 2.36. The van der Waals surface area contributed by atoms with Gasteiger partial charge in [-0.2, -0.15) is 13.2 Å². The van der Waals surface area contributed by atoms with Crippen LogP contribution < -0.4 is 10.1 Å². The van der Waals surface area contributed by atoms with Gasteiger partial charge in [-0.3, -0.25) is 0 Å². The van der Waals surface area contributed by atoms with Gasteiger partial charge in [0, 0.05) is 12.5 Å². The van der Waals surface area contributed by atoms with E-state index in [1.807, 2.05) is 31.2 Å². The molecule has 0 radical (unpaired) electrons. The van der Waals surface area contributed by atoms with Crippen LogP contribution in [0.25, 0.3) is 0 Å². The molecule has 0 amide bonds. The van der Waals surface area contributed by atoms with E-state index in [2.05, 4.69) is 5.32 Å². The van der Waals surface area contributed by atoms with Gasteiger partial charge >= 0.3 is 6.18 Å². The molecule has 0 fully saturated rings. The van der Waals surface area contributed by atoms with Gasteiger partial charge < -0.3 is 10.1 Å². The first-order chi connectivity index (χ1) is 8.90. The largest absolute Gasteiger partial charge is 0.497 e. The number of benzene rings is 1. The van der Waals surface area contributed by atoms with Gasteiger partial charge in [-0.05, 0) is 44.0 Å². The fourth-order valence-corrected chi connectivity index (χ4v) is 1.82. The monoisotopic (exact) mass is 275 g/mol. The van der Waals surface area contributed by atoms with E-state index in [1.54, 1.807) is 7.11 Å². The lowest BCUT2D eigenvalue weighted by Gasteiger charge is -2.14. The highest BCUT2D eigenvalue weighted by atomic mass is 19.4. The van der Waals surface area contributed by atoms with Gasteiger partial charge in [-0.1, -0.05) is 12.1 Å². The molecular weight excluding hydrogens is 255 g/mol. The van der Waals surface area contributed by atoms with Crippen molar-refractivity contribution in [3.63, 3.8) is 0 Å². The zero-order chi connectivity index (χ0) is 14.3. The second-order valence-corrected chi connectivity index (χ2v) is 4.63. The number of ether oxygens (including phenoxy) is 1. The summed E-state index contributed by atoms with van der Waals surface area (Å²) in [5.74, 6) is 0.800. The van der Waals surface area contributed by atoms with Crippen LogP contribution in [-0.4, -0.2) is 25.9 Å². The van der Waals surface area contributed by atoms with Crippen LogP contribution in [0.2, 0.25) is 0 Å². The van der Waals surface area contributed by atoms with E-state index < -0.39 is 12.6 Å². The summed E-state index contributed by atoms with van der Waals surface area (Å²) in [6, 6.07) is 7.85. The van der Waals surface area contributed by atoms with Gasteiger partial charge in [0.15, 0.2) is 0 Å². The van der Waals surface area contributed by atoms with E-state index in [4.69, 9.17) is 4.74 Å². The molecule has 1 aromatic carbocycles. The van der Waals surface area contributed by atoms with Crippen LogP contribution in [0.5, 0.6) is 5.75 Å². The molecule has 0 heterocycles. The van der Waals surface area contributed by atoms with Crippen LogP contribution in [0.3, 0.4) is 0 Å². The maximum absolute atomic E-state index is 12.0. The lowest BCUT2D eigenvalue weighted by atomic mass is 10.1. The number of rotatable bonds is 7. The zero-order valence-corrected chi connectivity index (χ0v) is 11.3. The van der Waals surface area contributed by atoms with Crippen molar-refractivity contribution in [3.8, 4) is 5.75 Å². The van der Waals surface area contributed by atoms with Crippen molar-refractivity contribution >= 4 is 0 Å². The summed E-state index contributed by atoms with van der Waals surface area (Å²) in [6.07, 6.45) is -3.87. The molecule has 19 heavy (non-hydrogen) atoms. The molecule has 1 atom stereocenters. The maximum atomic E-state index is 12.0. The van der Waals surface area contributed by atoms with Crippen molar-refractivity contribution in [2.75, 3.05) is 13.7 Å². The molecule has 0 aliphatic rings. The highest BCUT2D eigenvalue weighted by Crippen LogP contribution is 2.20. The Hall–Kier alpha value is -1.23. The third kappa shape index (κ3) is 7.06. The van der Waals surface area contributed by atoms with Gasteiger partial charge in [0.05, 0.1) is 7.11 Å². The Balaban J connectivity index is 2.24. The van der Waals surface area contributed by atoms with Crippen LogP contribution in [0.1, 0.15) is 25.3 Å². The Morgan fingerprint density at radius 2 is 1.84 bits per heavy atom. The van der Waals surface area contributed by atoms with Crippen molar-refractivity contribution in [1.29, 1.82) is 0 Å². The molecule has 0 saturated heterocycles. The lowest BCUT2D eigenvalue weighted by molar-refractivity contribution is -0.135. The number of hydrogen-bond acceptors (Lipinski definition) is 2. The van der Waals surface area contributed by atoms with Crippen LogP contribution in [0.4, 0.5) is 13.2 Å². The van der Waals surface area contributed by atoms with Gasteiger partial charge in [-0.15, -0.1) is 0 Å². The quantitative estimate of drug-likeness (QED) is 0.768. The summed E-state index contributed by atoms with van der Waals surface area (Å²) in [5.41, 5.74) is 1.14. The van der Waals surface area contributed by atoms with E-state index in [1.165, 1.54) is 0 Å². The van der Waals surface area contributed by atoms with E-state index in [0.29, 0.717) is 6.54 Å². The summed E-state index contributed by atoms with van der Waals surface area (Å²) >= 11 is 0. The minimum atomic E-state index is -4.05.